The molecule has 0 aromatic carbocycles. The summed E-state index contributed by atoms with van der Waals surface area (Å²) in [6.07, 6.45) is 9.52. The maximum atomic E-state index is 10.3. The Balaban J connectivity index is 1.73. The van der Waals surface area contributed by atoms with E-state index in [9.17, 15) is 5.11 Å². The van der Waals surface area contributed by atoms with Gasteiger partial charge in [-0.2, -0.15) is 0 Å². The minimum atomic E-state index is 0.0469. The smallest absolute Gasteiger partial charge is 0.0928 e. The predicted molar refractivity (Wildman–Crippen MR) is 59.8 cm³/mol. The van der Waals surface area contributed by atoms with E-state index in [2.05, 4.69) is 0 Å². The van der Waals surface area contributed by atoms with E-state index < -0.39 is 0 Å². The molecular weight excluding hydrogens is 186 g/mol. The molecule has 1 heterocycles. The molecule has 15 heavy (non-hydrogen) atoms. The van der Waals surface area contributed by atoms with Crippen LogP contribution in [0.3, 0.4) is 0 Å². The minimum absolute atomic E-state index is 0.0469. The van der Waals surface area contributed by atoms with Gasteiger partial charge in [0.1, 0.15) is 0 Å². The largest absolute Gasteiger partial charge is 0.392 e. The number of nitrogens with one attached hydrogen (secondary N) is 1. The van der Waals surface area contributed by atoms with E-state index in [-0.39, 0.29) is 6.10 Å². The lowest BCUT2D eigenvalue weighted by Gasteiger charge is -2.45. The van der Waals surface area contributed by atoms with Crippen molar-refractivity contribution in [1.82, 2.24) is 0 Å². The second kappa shape index (κ2) is 4.06. The number of hydrogen-bond acceptors (Lipinski definition) is 1. The van der Waals surface area contributed by atoms with Crippen LogP contribution < -0.4 is 4.90 Å². The van der Waals surface area contributed by atoms with Crippen LogP contribution in [0.5, 0.6) is 0 Å². The molecule has 0 aromatic heterocycles. The number of aliphatic hydroxyl groups excluding tert-OH is 1. The first-order valence-corrected chi connectivity index (χ1v) is 6.89. The van der Waals surface area contributed by atoms with Crippen molar-refractivity contribution in [3.63, 3.8) is 0 Å². The lowest BCUT2D eigenvalue weighted by molar-refractivity contribution is -0.920. The number of fused-ring (bicyclic) bond motifs is 2. The molecular formula is C13H24NO+. The van der Waals surface area contributed by atoms with Crippen LogP contribution in [-0.4, -0.2) is 30.3 Å². The number of rotatable bonds is 1. The average molecular weight is 210 g/mol. The zero-order valence-electron chi connectivity index (χ0n) is 9.62. The number of hydrogen-bond donors (Lipinski definition) is 2. The van der Waals surface area contributed by atoms with Gasteiger partial charge in [-0.3, -0.25) is 0 Å². The van der Waals surface area contributed by atoms with Gasteiger partial charge in [0.15, 0.2) is 0 Å². The van der Waals surface area contributed by atoms with Gasteiger partial charge in [-0.05, 0) is 25.2 Å². The van der Waals surface area contributed by atoms with E-state index >= 15 is 0 Å². The van der Waals surface area contributed by atoms with Crippen LogP contribution in [0, 0.1) is 11.8 Å². The quantitative estimate of drug-likeness (QED) is 0.651. The van der Waals surface area contributed by atoms with Crippen LogP contribution in [0.1, 0.15) is 44.9 Å². The zero-order valence-corrected chi connectivity index (χ0v) is 9.62. The van der Waals surface area contributed by atoms with E-state index in [0.29, 0.717) is 11.8 Å². The van der Waals surface area contributed by atoms with Crippen LogP contribution in [-0.2, 0) is 0 Å². The monoisotopic (exact) mass is 210 g/mol. The Hall–Kier alpha value is -0.0800. The summed E-state index contributed by atoms with van der Waals surface area (Å²) in [5.74, 6) is 1.30. The van der Waals surface area contributed by atoms with Crippen molar-refractivity contribution in [3.05, 3.63) is 0 Å². The summed E-state index contributed by atoms with van der Waals surface area (Å²) in [4.78, 5) is 1.82. The van der Waals surface area contributed by atoms with Gasteiger partial charge >= 0.3 is 0 Å². The summed E-state index contributed by atoms with van der Waals surface area (Å²) in [5.41, 5.74) is 0. The molecule has 0 radical (unpaired) electrons. The van der Waals surface area contributed by atoms with Crippen molar-refractivity contribution in [1.29, 1.82) is 0 Å². The molecule has 1 saturated heterocycles. The lowest BCUT2D eigenvalue weighted by atomic mass is 9.67. The molecule has 3 rings (SSSR count). The van der Waals surface area contributed by atoms with Gasteiger partial charge in [0.05, 0.1) is 25.2 Å². The normalized spacial score (nSPS) is 47.0. The van der Waals surface area contributed by atoms with E-state index in [0.717, 1.165) is 6.04 Å². The van der Waals surface area contributed by atoms with Crippen LogP contribution in [0.4, 0.5) is 0 Å². The molecule has 4 unspecified atom stereocenters. The van der Waals surface area contributed by atoms with E-state index in [1.165, 1.54) is 58.0 Å². The Kier molecular flexibility index (Phi) is 2.73. The molecule has 2 heteroatoms. The van der Waals surface area contributed by atoms with E-state index in [1.54, 1.807) is 0 Å². The zero-order chi connectivity index (χ0) is 10.3. The second-order valence-electron chi connectivity index (χ2n) is 5.89. The van der Waals surface area contributed by atoms with Crippen molar-refractivity contribution in [2.45, 2.75) is 57.1 Å². The topological polar surface area (TPSA) is 24.7 Å². The molecule has 0 spiro atoms. The third-order valence-corrected chi connectivity index (χ3v) is 5.17. The van der Waals surface area contributed by atoms with E-state index in [4.69, 9.17) is 0 Å². The fraction of sp³-hybridized carbons (Fsp3) is 1.00. The highest BCUT2D eigenvalue weighted by Crippen LogP contribution is 2.39. The summed E-state index contributed by atoms with van der Waals surface area (Å²) in [6, 6.07) is 0.805. The van der Waals surface area contributed by atoms with Gasteiger partial charge in [-0.25, -0.2) is 0 Å². The third kappa shape index (κ3) is 1.72. The maximum absolute atomic E-state index is 10.3. The Labute approximate surface area is 92.7 Å². The Morgan fingerprint density at radius 1 is 0.867 bits per heavy atom. The highest BCUT2D eigenvalue weighted by atomic mass is 16.3. The van der Waals surface area contributed by atoms with Crippen molar-refractivity contribution >= 4 is 0 Å². The number of quaternary nitrogens is 1. The third-order valence-electron chi connectivity index (χ3n) is 5.17. The summed E-state index contributed by atoms with van der Waals surface area (Å²) < 4.78 is 0. The molecule has 2 bridgehead atoms. The van der Waals surface area contributed by atoms with Gasteiger partial charge in [0, 0.05) is 25.2 Å². The van der Waals surface area contributed by atoms with Crippen LogP contribution in [0.15, 0.2) is 0 Å². The first kappa shape index (κ1) is 10.1. The second-order valence-corrected chi connectivity index (χ2v) is 5.89. The predicted octanol–water partition coefficient (Wildman–Crippen LogP) is 0.605. The molecule has 2 aliphatic carbocycles. The molecule has 2 nitrogen and oxygen atoms in total. The lowest BCUT2D eigenvalue weighted by Crippen LogP contribution is -3.15. The minimum Gasteiger partial charge on any atom is -0.392 e. The summed E-state index contributed by atoms with van der Waals surface area (Å²) in [7, 11) is 0. The molecule has 2 N–H and O–H groups in total. The van der Waals surface area contributed by atoms with Crippen LogP contribution in [0.2, 0.25) is 0 Å². The SMILES string of the molecule is OC1C2CCCC1C([NH+]1CCCC1)CC2. The van der Waals surface area contributed by atoms with Gasteiger partial charge in [-0.15, -0.1) is 0 Å². The van der Waals surface area contributed by atoms with Gasteiger partial charge in [0.2, 0.25) is 0 Å². The molecule has 4 atom stereocenters. The molecule has 86 valence electrons. The molecule has 1 aliphatic heterocycles. The highest BCUT2D eigenvalue weighted by molar-refractivity contribution is 4.91. The fourth-order valence-electron chi connectivity index (χ4n) is 4.38. The van der Waals surface area contributed by atoms with Gasteiger partial charge in [0.25, 0.3) is 0 Å². The van der Waals surface area contributed by atoms with Crippen LogP contribution >= 0.6 is 0 Å². The highest BCUT2D eigenvalue weighted by Gasteiger charge is 2.45. The Bertz CT molecular complexity index is 225. The molecule has 0 amide bonds. The first-order chi connectivity index (χ1) is 7.36. The van der Waals surface area contributed by atoms with E-state index in [1.807, 2.05) is 4.90 Å². The summed E-state index contributed by atoms with van der Waals surface area (Å²) in [6.45, 7) is 2.75. The Morgan fingerprint density at radius 3 is 2.47 bits per heavy atom. The van der Waals surface area contributed by atoms with Crippen molar-refractivity contribution in [2.24, 2.45) is 11.8 Å². The summed E-state index contributed by atoms with van der Waals surface area (Å²) in [5, 5.41) is 10.3. The van der Waals surface area contributed by atoms with Crippen LogP contribution in [0.25, 0.3) is 0 Å². The van der Waals surface area contributed by atoms with Crippen molar-refractivity contribution in [3.8, 4) is 0 Å². The molecule has 3 fully saturated rings. The Morgan fingerprint density at radius 2 is 1.67 bits per heavy atom. The molecule has 0 aromatic rings. The van der Waals surface area contributed by atoms with Crippen molar-refractivity contribution < 1.29 is 10.0 Å². The molecule has 3 aliphatic rings. The number of likely N-dealkylation sites (tertiary alicyclic amines) is 1. The summed E-state index contributed by atoms with van der Waals surface area (Å²) >= 11 is 0. The molecule has 2 saturated carbocycles. The first-order valence-electron chi connectivity index (χ1n) is 6.89. The van der Waals surface area contributed by atoms with Crippen molar-refractivity contribution in [2.75, 3.05) is 13.1 Å². The average Bonchev–Trinajstić information content (AvgIpc) is 2.70. The fourth-order valence-corrected chi connectivity index (χ4v) is 4.38. The maximum Gasteiger partial charge on any atom is 0.0928 e. The van der Waals surface area contributed by atoms with Gasteiger partial charge in [-0.1, -0.05) is 6.42 Å². The van der Waals surface area contributed by atoms with Gasteiger partial charge < -0.3 is 10.0 Å². The standard InChI is InChI=1S/C13H23NO/c15-13-10-4-3-5-11(13)12(7-6-10)14-8-1-2-9-14/h10-13,15H,1-9H2/p+1. The number of aliphatic hydroxyl groups is 1.